The van der Waals surface area contributed by atoms with Gasteiger partial charge in [-0.2, -0.15) is 5.26 Å². The molecule has 55 heavy (non-hydrogen) atoms. The van der Waals surface area contributed by atoms with Crippen LogP contribution >= 0.6 is 15.9 Å². The van der Waals surface area contributed by atoms with Crippen LogP contribution < -0.4 is 74.2 Å². The number of halogens is 1. The van der Waals surface area contributed by atoms with Crippen LogP contribution in [0.4, 0.5) is 11.4 Å². The van der Waals surface area contributed by atoms with E-state index in [1.54, 1.807) is 62.0 Å². The van der Waals surface area contributed by atoms with Gasteiger partial charge in [-0.05, 0) is 69.5 Å². The van der Waals surface area contributed by atoms with E-state index in [4.69, 9.17) is 19.9 Å². The third-order valence-corrected chi connectivity index (χ3v) is 8.46. The largest absolute Gasteiger partial charge is 1.00 e. The van der Waals surface area contributed by atoms with E-state index < -0.39 is 23.8 Å². The molecule has 0 bridgehead atoms. The molecular weight excluding hydrogens is 796 g/mol. The third-order valence-electron chi connectivity index (χ3n) is 7.83. The number of esters is 1. The molecule has 0 spiro atoms. The zero-order chi connectivity index (χ0) is 38.7. The van der Waals surface area contributed by atoms with Crippen molar-refractivity contribution in [3.8, 4) is 17.2 Å². The van der Waals surface area contributed by atoms with Gasteiger partial charge in [0.25, 0.3) is 6.47 Å². The molecule has 1 N–H and O–H groups in total. The number of nitriles is 1. The molecule has 0 radical (unpaired) electrons. The smallest absolute Gasteiger partial charge is 1.00 e. The van der Waals surface area contributed by atoms with E-state index in [0.717, 1.165) is 52.8 Å². The Bertz CT molecular complexity index is 2420. The average Bonchev–Trinajstić information content (AvgIpc) is 3.19. The van der Waals surface area contributed by atoms with Gasteiger partial charge in [-0.1, -0.05) is 42.5 Å². The van der Waals surface area contributed by atoms with Crippen molar-refractivity contribution >= 4 is 89.8 Å². The first kappa shape index (κ1) is 46.4. The number of carbonyl (C=O) groups is 5. The van der Waals surface area contributed by atoms with Crippen LogP contribution in [0.1, 0.15) is 13.9 Å². The molecule has 0 aliphatic rings. The summed E-state index contributed by atoms with van der Waals surface area (Å²) in [5.41, 5.74) is 3.41. The summed E-state index contributed by atoms with van der Waals surface area (Å²) in [7, 11) is 2.96. The van der Waals surface area contributed by atoms with Crippen LogP contribution in [0.15, 0.2) is 102 Å². The molecule has 0 saturated heterocycles. The van der Waals surface area contributed by atoms with E-state index in [1.165, 1.54) is 19.0 Å². The van der Waals surface area contributed by atoms with Crippen LogP contribution in [0.3, 0.4) is 0 Å². The molecule has 4 aromatic carbocycles. The fraction of sp³-hybridized carbons (Fsp3) is 0.105. The maximum absolute atomic E-state index is 11.9. The van der Waals surface area contributed by atoms with E-state index in [2.05, 4.69) is 36.9 Å². The van der Waals surface area contributed by atoms with E-state index in [0.29, 0.717) is 16.9 Å². The number of carbonyl (C=O) groups excluding carboxylic acids is 4. The van der Waals surface area contributed by atoms with Gasteiger partial charge in [0.1, 0.15) is 0 Å². The minimum absolute atomic E-state index is 0. The van der Waals surface area contributed by atoms with E-state index in [9.17, 15) is 24.4 Å². The number of pyridine rings is 2. The van der Waals surface area contributed by atoms with Crippen LogP contribution in [-0.4, -0.2) is 66.0 Å². The molecule has 0 saturated carbocycles. The summed E-state index contributed by atoms with van der Waals surface area (Å²) in [6.07, 6.45) is 6.86. The minimum atomic E-state index is -1.51. The maximum Gasteiger partial charge on any atom is 1.00 e. The number of hydrogen-bond acceptors (Lipinski definition) is 11. The Kier molecular flexibility index (Phi) is 18.5. The van der Waals surface area contributed by atoms with Gasteiger partial charge < -0.3 is 31.2 Å². The molecule has 270 valence electrons. The van der Waals surface area contributed by atoms with Gasteiger partial charge in [0, 0.05) is 81.8 Å². The number of nitrogens with zero attached hydrogens (tertiary/aromatic N) is 5. The fourth-order valence-corrected chi connectivity index (χ4v) is 5.70. The molecule has 0 fully saturated rings. The first-order valence-corrected chi connectivity index (χ1v) is 16.3. The van der Waals surface area contributed by atoms with E-state index in [1.807, 2.05) is 42.5 Å². The van der Waals surface area contributed by atoms with Gasteiger partial charge in [-0.15, -0.1) is 0 Å². The maximum atomic E-state index is 11.9. The summed E-state index contributed by atoms with van der Waals surface area (Å²) in [6, 6.07) is 24.2. The number of carboxylic acid groups (broad SMARTS) is 1. The normalized spacial score (nSPS) is 9.75. The SMILES string of the molecule is CCOC(=O)C(=O)N(C)c1ccc2cncc(Br)c2c1.CN(C(=O)C(=O)O)c1ccc2cncc(-c3ccc(C#N)c4ccccc34)c2c1.O=CO[O-].[H-].[Na+].[Na+]. The Labute approximate surface area is 368 Å². The molecule has 0 aliphatic carbocycles. The predicted molar refractivity (Wildman–Crippen MR) is 198 cm³/mol. The van der Waals surface area contributed by atoms with Crippen molar-refractivity contribution in [2.24, 2.45) is 0 Å². The van der Waals surface area contributed by atoms with Crippen LogP contribution in [0, 0.1) is 11.3 Å². The Balaban J connectivity index is 0.000000511. The number of anilines is 2. The predicted octanol–water partition coefficient (Wildman–Crippen LogP) is -0.948. The minimum Gasteiger partial charge on any atom is -1.00 e. The molecule has 2 aromatic heterocycles. The van der Waals surface area contributed by atoms with Crippen LogP contribution in [0.5, 0.6) is 0 Å². The number of hydrogen-bond donors (Lipinski definition) is 1. The summed E-state index contributed by atoms with van der Waals surface area (Å²) in [5, 5.41) is 32.2. The van der Waals surface area contributed by atoms with Gasteiger partial charge in [0.15, 0.2) is 0 Å². The summed E-state index contributed by atoms with van der Waals surface area (Å²) in [5.74, 6) is -4.08. The molecule has 17 heteroatoms. The number of fused-ring (bicyclic) bond motifs is 3. The second kappa shape index (κ2) is 22.0. The Hall–Kier alpha value is -4.76. The van der Waals surface area contributed by atoms with Gasteiger partial charge in [-0.25, -0.2) is 9.59 Å². The molecule has 0 aliphatic heterocycles. The molecule has 14 nitrogen and oxygen atoms in total. The first-order chi connectivity index (χ1) is 25.5. The van der Waals surface area contributed by atoms with Crippen molar-refractivity contribution in [3.63, 3.8) is 0 Å². The Morgan fingerprint density at radius 3 is 1.93 bits per heavy atom. The van der Waals surface area contributed by atoms with Gasteiger partial charge in [0.05, 0.1) is 18.2 Å². The zero-order valence-electron chi connectivity index (χ0n) is 31.3. The number of carboxylic acids is 1. The molecule has 2 heterocycles. The summed E-state index contributed by atoms with van der Waals surface area (Å²) >= 11 is 3.41. The number of aromatic nitrogens is 2. The van der Waals surface area contributed by atoms with Gasteiger partial charge in [0.2, 0.25) is 0 Å². The molecule has 0 atom stereocenters. The summed E-state index contributed by atoms with van der Waals surface area (Å²) < 4.78 is 5.54. The molecule has 0 unspecified atom stereocenters. The van der Waals surface area contributed by atoms with Crippen molar-refractivity contribution in [2.75, 3.05) is 30.5 Å². The quantitative estimate of drug-likeness (QED) is 0.0559. The summed E-state index contributed by atoms with van der Waals surface area (Å²) in [6.45, 7) is 1.65. The number of ether oxygens (including phenoxy) is 1. The molecular formula is C38H30BrN5Na2O9. The van der Waals surface area contributed by atoms with Crippen LogP contribution in [-0.2, 0) is 33.6 Å². The fourth-order valence-electron chi connectivity index (χ4n) is 5.24. The number of aliphatic carboxylic acids is 1. The molecule has 2 amide bonds. The average molecular weight is 827 g/mol. The van der Waals surface area contributed by atoms with Gasteiger partial charge >= 0.3 is 82.9 Å². The third kappa shape index (κ3) is 11.2. The standard InChI is InChI=1S/C23H15N3O3.C14H13BrN2O3.CH2O3.2Na.H/c1-26(22(27)23(28)29)16-8-6-15-12-25-13-21(20(15)10-16)19-9-7-14(11-24)17-4-2-3-5-18(17)19;1-3-20-14(19)13(18)17(2)10-5-4-9-7-16-8-12(15)11(9)6-10;2-1-4-3;;;/h2-10,12-13H,1H3,(H,28,29);4-8H,3H2,1-2H3;1,3H;;;/q;;;2*+1;-1/p-1. The van der Waals surface area contributed by atoms with Crippen molar-refractivity contribution < 1.29 is 105 Å². The monoisotopic (exact) mass is 825 g/mol. The molecule has 6 aromatic rings. The first-order valence-electron chi connectivity index (χ1n) is 15.5. The van der Waals surface area contributed by atoms with Crippen LogP contribution in [0.25, 0.3) is 43.4 Å². The number of rotatable bonds is 5. The second-order valence-corrected chi connectivity index (χ2v) is 11.7. The second-order valence-electron chi connectivity index (χ2n) is 10.9. The van der Waals surface area contributed by atoms with E-state index >= 15 is 0 Å². The summed E-state index contributed by atoms with van der Waals surface area (Å²) in [4.78, 5) is 68.3. The molecule has 6 rings (SSSR count). The van der Waals surface area contributed by atoms with Gasteiger partial charge in [-0.3, -0.25) is 24.4 Å². The number of likely N-dealkylation sites (N-methyl/N-ethyl adjacent to an activating group) is 2. The Morgan fingerprint density at radius 2 is 1.36 bits per heavy atom. The van der Waals surface area contributed by atoms with E-state index in [-0.39, 0.29) is 73.6 Å². The van der Waals surface area contributed by atoms with Crippen molar-refractivity contribution in [1.82, 2.24) is 9.97 Å². The number of amides is 2. The zero-order valence-corrected chi connectivity index (χ0v) is 35.9. The van der Waals surface area contributed by atoms with Crippen LogP contribution in [0.2, 0.25) is 0 Å². The van der Waals surface area contributed by atoms with Crippen molar-refractivity contribution in [1.29, 1.82) is 5.26 Å². The topological polar surface area (TPSA) is 203 Å². The number of benzene rings is 4. The van der Waals surface area contributed by atoms with Crippen molar-refractivity contribution in [3.05, 3.63) is 108 Å². The van der Waals surface area contributed by atoms with Crippen molar-refractivity contribution in [2.45, 2.75) is 6.92 Å². The Morgan fingerprint density at radius 1 is 0.818 bits per heavy atom.